The molecule has 4 nitrogen and oxygen atoms in total. The van der Waals surface area contributed by atoms with Crippen LogP contribution in [0.3, 0.4) is 0 Å². The van der Waals surface area contributed by atoms with Crippen molar-refractivity contribution in [2.24, 2.45) is 5.92 Å². The SMILES string of the molecule is CC1CCC(C)N(S(=O)(=O)c2cc(Cl)cc(N)c2Br)C1. The van der Waals surface area contributed by atoms with Crippen LogP contribution in [0.5, 0.6) is 0 Å². The lowest BCUT2D eigenvalue weighted by Gasteiger charge is -2.35. The van der Waals surface area contributed by atoms with Gasteiger partial charge in [0.15, 0.2) is 0 Å². The van der Waals surface area contributed by atoms with E-state index in [4.69, 9.17) is 17.3 Å². The van der Waals surface area contributed by atoms with Crippen LogP contribution in [0, 0.1) is 5.92 Å². The van der Waals surface area contributed by atoms with Gasteiger partial charge in [0.2, 0.25) is 10.0 Å². The van der Waals surface area contributed by atoms with Gasteiger partial charge in [-0.3, -0.25) is 0 Å². The Morgan fingerprint density at radius 2 is 2.00 bits per heavy atom. The van der Waals surface area contributed by atoms with Crippen LogP contribution in [-0.4, -0.2) is 25.3 Å². The maximum atomic E-state index is 12.9. The summed E-state index contributed by atoms with van der Waals surface area (Å²) in [6, 6.07) is 2.97. The van der Waals surface area contributed by atoms with E-state index in [1.807, 2.05) is 6.92 Å². The zero-order valence-electron chi connectivity index (χ0n) is 11.4. The summed E-state index contributed by atoms with van der Waals surface area (Å²) in [7, 11) is -3.60. The van der Waals surface area contributed by atoms with Crippen molar-refractivity contribution < 1.29 is 8.42 Å². The second-order valence-electron chi connectivity index (χ2n) is 5.41. The highest BCUT2D eigenvalue weighted by Crippen LogP contribution is 2.35. The van der Waals surface area contributed by atoms with Crippen LogP contribution in [0.4, 0.5) is 5.69 Å². The molecule has 0 spiro atoms. The van der Waals surface area contributed by atoms with Crippen molar-refractivity contribution >= 4 is 43.2 Å². The molecule has 1 fully saturated rings. The van der Waals surface area contributed by atoms with E-state index < -0.39 is 10.0 Å². The zero-order valence-corrected chi connectivity index (χ0v) is 14.6. The standard InChI is InChI=1S/C13H18BrClN2O2S/c1-8-3-4-9(2)17(7-8)20(18,19)12-6-10(15)5-11(16)13(12)14/h5-6,8-9H,3-4,7,16H2,1-2H3. The number of hydrogen-bond donors (Lipinski definition) is 1. The molecule has 0 aliphatic carbocycles. The van der Waals surface area contributed by atoms with E-state index in [-0.39, 0.29) is 10.9 Å². The van der Waals surface area contributed by atoms with E-state index in [1.165, 1.54) is 12.1 Å². The molecule has 0 aromatic heterocycles. The van der Waals surface area contributed by atoms with Crippen LogP contribution in [0.1, 0.15) is 26.7 Å². The van der Waals surface area contributed by atoms with Crippen molar-refractivity contribution in [2.75, 3.05) is 12.3 Å². The van der Waals surface area contributed by atoms with Crippen LogP contribution in [0.15, 0.2) is 21.5 Å². The third-order valence-electron chi connectivity index (χ3n) is 3.68. The van der Waals surface area contributed by atoms with Gasteiger partial charge in [-0.05, 0) is 53.7 Å². The third-order valence-corrected chi connectivity index (χ3v) is 7.05. The molecule has 1 aromatic carbocycles. The molecule has 2 unspecified atom stereocenters. The van der Waals surface area contributed by atoms with Gasteiger partial charge in [-0.15, -0.1) is 0 Å². The molecule has 0 bridgehead atoms. The highest BCUT2D eigenvalue weighted by molar-refractivity contribution is 9.10. The van der Waals surface area contributed by atoms with E-state index in [1.54, 1.807) is 4.31 Å². The fourth-order valence-electron chi connectivity index (χ4n) is 2.48. The minimum Gasteiger partial charge on any atom is -0.398 e. The molecule has 20 heavy (non-hydrogen) atoms. The van der Waals surface area contributed by atoms with Gasteiger partial charge in [-0.2, -0.15) is 4.31 Å². The summed E-state index contributed by atoms with van der Waals surface area (Å²) >= 11 is 9.21. The molecule has 7 heteroatoms. The van der Waals surface area contributed by atoms with E-state index in [0.717, 1.165) is 12.8 Å². The molecule has 0 radical (unpaired) electrons. The fourth-order valence-corrected chi connectivity index (χ4v) is 5.52. The van der Waals surface area contributed by atoms with Gasteiger partial charge < -0.3 is 5.73 Å². The number of halogens is 2. The number of hydrogen-bond acceptors (Lipinski definition) is 3. The van der Waals surface area contributed by atoms with Crippen molar-refractivity contribution in [3.63, 3.8) is 0 Å². The summed E-state index contributed by atoms with van der Waals surface area (Å²) in [4.78, 5) is 0.142. The smallest absolute Gasteiger partial charge is 0.244 e. The molecule has 112 valence electrons. The minimum absolute atomic E-state index is 0.0108. The summed E-state index contributed by atoms with van der Waals surface area (Å²) in [5.41, 5.74) is 6.12. The van der Waals surface area contributed by atoms with Gasteiger partial charge in [0.1, 0.15) is 0 Å². The molecule has 0 saturated carbocycles. The molecular weight excluding hydrogens is 364 g/mol. The summed E-state index contributed by atoms with van der Waals surface area (Å²) < 4.78 is 27.6. The molecule has 2 rings (SSSR count). The Kier molecular flexibility index (Phi) is 4.69. The minimum atomic E-state index is -3.60. The molecule has 2 atom stereocenters. The van der Waals surface area contributed by atoms with Crippen LogP contribution in [0.25, 0.3) is 0 Å². The molecule has 1 heterocycles. The average Bonchev–Trinajstić information content (AvgIpc) is 2.36. The molecule has 1 saturated heterocycles. The quantitative estimate of drug-likeness (QED) is 0.798. The first-order valence-electron chi connectivity index (χ1n) is 6.50. The Balaban J connectivity index is 2.50. The molecule has 1 aromatic rings. The largest absolute Gasteiger partial charge is 0.398 e. The Bertz CT molecular complexity index is 621. The van der Waals surface area contributed by atoms with Crippen molar-refractivity contribution in [1.82, 2.24) is 4.31 Å². The highest BCUT2D eigenvalue weighted by atomic mass is 79.9. The predicted molar refractivity (Wildman–Crippen MR) is 85.3 cm³/mol. The van der Waals surface area contributed by atoms with Crippen molar-refractivity contribution in [2.45, 2.75) is 37.6 Å². The van der Waals surface area contributed by atoms with Crippen LogP contribution in [-0.2, 0) is 10.0 Å². The number of piperidine rings is 1. The number of rotatable bonds is 2. The highest BCUT2D eigenvalue weighted by Gasteiger charge is 2.35. The van der Waals surface area contributed by atoms with Gasteiger partial charge in [-0.25, -0.2) is 8.42 Å². The number of nitrogens with two attached hydrogens (primary N) is 1. The number of benzene rings is 1. The lowest BCUT2D eigenvalue weighted by Crippen LogP contribution is -2.44. The first-order chi connectivity index (χ1) is 9.23. The van der Waals surface area contributed by atoms with Gasteiger partial charge in [0, 0.05) is 23.3 Å². The lowest BCUT2D eigenvalue weighted by atomic mass is 9.97. The normalized spacial score (nSPS) is 24.8. The Morgan fingerprint density at radius 1 is 1.35 bits per heavy atom. The summed E-state index contributed by atoms with van der Waals surface area (Å²) in [5, 5.41) is 0.321. The third kappa shape index (κ3) is 2.98. The van der Waals surface area contributed by atoms with E-state index in [0.29, 0.717) is 27.6 Å². The maximum absolute atomic E-state index is 12.9. The second-order valence-corrected chi connectivity index (χ2v) is 8.50. The summed E-state index contributed by atoms with van der Waals surface area (Å²) in [6.07, 6.45) is 1.92. The van der Waals surface area contributed by atoms with Crippen molar-refractivity contribution in [3.8, 4) is 0 Å². The number of nitrogens with zero attached hydrogens (tertiary/aromatic N) is 1. The molecule has 2 N–H and O–H groups in total. The van der Waals surface area contributed by atoms with Gasteiger partial charge in [-0.1, -0.05) is 18.5 Å². The van der Waals surface area contributed by atoms with Crippen LogP contribution < -0.4 is 5.73 Å². The molecule has 1 aliphatic rings. The average molecular weight is 382 g/mol. The number of sulfonamides is 1. The van der Waals surface area contributed by atoms with Crippen molar-refractivity contribution in [1.29, 1.82) is 0 Å². The van der Waals surface area contributed by atoms with E-state index in [9.17, 15) is 8.42 Å². The van der Waals surface area contributed by atoms with Crippen LogP contribution >= 0.6 is 27.5 Å². The molecular formula is C13H18BrClN2O2S. The number of nitrogen functional groups attached to an aromatic ring is 1. The Labute approximate surface area is 133 Å². The van der Waals surface area contributed by atoms with Gasteiger partial charge in [0.05, 0.1) is 9.37 Å². The lowest BCUT2D eigenvalue weighted by molar-refractivity contribution is 0.218. The predicted octanol–water partition coefficient (Wildman–Crippen LogP) is 3.49. The molecule has 1 aliphatic heterocycles. The fraction of sp³-hybridized carbons (Fsp3) is 0.538. The zero-order chi connectivity index (χ0) is 15.1. The Hall–Kier alpha value is -0.300. The summed E-state index contributed by atoms with van der Waals surface area (Å²) in [5.74, 6) is 0.358. The van der Waals surface area contributed by atoms with Crippen LogP contribution in [0.2, 0.25) is 5.02 Å². The second kappa shape index (κ2) is 5.83. The number of anilines is 1. The first kappa shape index (κ1) is 16.1. The van der Waals surface area contributed by atoms with E-state index >= 15 is 0 Å². The summed E-state index contributed by atoms with van der Waals surface area (Å²) in [6.45, 7) is 4.53. The van der Waals surface area contributed by atoms with Gasteiger partial charge in [0.25, 0.3) is 0 Å². The van der Waals surface area contributed by atoms with E-state index in [2.05, 4.69) is 22.9 Å². The Morgan fingerprint density at radius 3 is 2.65 bits per heavy atom. The van der Waals surface area contributed by atoms with Gasteiger partial charge >= 0.3 is 0 Å². The topological polar surface area (TPSA) is 63.4 Å². The van der Waals surface area contributed by atoms with Crippen molar-refractivity contribution in [3.05, 3.63) is 21.6 Å². The first-order valence-corrected chi connectivity index (χ1v) is 9.11. The monoisotopic (exact) mass is 380 g/mol. The molecule has 0 amide bonds. The maximum Gasteiger partial charge on any atom is 0.244 e.